The van der Waals surface area contributed by atoms with Crippen molar-refractivity contribution in [2.75, 3.05) is 12.8 Å². The number of sulfonamides is 1. The van der Waals surface area contributed by atoms with Gasteiger partial charge in [0.2, 0.25) is 16.0 Å². The number of guanidine groups is 1. The van der Waals surface area contributed by atoms with Crippen LogP contribution in [0.15, 0.2) is 24.3 Å². The third-order valence-electron chi connectivity index (χ3n) is 4.10. The Kier molecular flexibility index (Phi) is 4.46. The smallest absolute Gasteiger partial charge is 0.239 e. The van der Waals surface area contributed by atoms with Crippen molar-refractivity contribution in [1.82, 2.24) is 9.62 Å². The summed E-state index contributed by atoms with van der Waals surface area (Å²) in [7, 11) is -2.36. The highest BCUT2D eigenvalue weighted by Crippen LogP contribution is 2.42. The molecule has 0 radical (unpaired) electrons. The number of nitrogens with one attached hydrogen (secondary N) is 2. The van der Waals surface area contributed by atoms with Crippen molar-refractivity contribution in [2.45, 2.75) is 12.5 Å². The normalized spacial score (nSPS) is 22.0. The molecule has 0 saturated carbocycles. The van der Waals surface area contributed by atoms with Crippen LogP contribution < -0.4 is 5.32 Å². The summed E-state index contributed by atoms with van der Waals surface area (Å²) in [6.07, 6.45) is 0. The minimum Gasteiger partial charge on any atom is -0.344 e. The van der Waals surface area contributed by atoms with Gasteiger partial charge >= 0.3 is 0 Å². The summed E-state index contributed by atoms with van der Waals surface area (Å²) in [6, 6.07) is 7.47. The molecule has 0 amide bonds. The van der Waals surface area contributed by atoms with Crippen molar-refractivity contribution < 1.29 is 12.8 Å². The second-order valence-corrected chi connectivity index (χ2v) is 9.62. The molecule has 6 nitrogen and oxygen atoms in total. The van der Waals surface area contributed by atoms with Crippen LogP contribution in [-0.4, -0.2) is 31.5 Å². The Labute approximate surface area is 159 Å². The van der Waals surface area contributed by atoms with Crippen LogP contribution >= 0.6 is 22.9 Å². The third kappa shape index (κ3) is 3.16. The molecule has 2 heterocycles. The Balaban J connectivity index is 2.08. The number of thiophene rings is 1. The standard InChI is InChI=1S/C16H14ClFN4O2S2/c1-16(8-26(23,24)22(2)15(20)21-16)14-12(17)6-13(25-14)10-3-9(7-19)4-11(18)5-10/h3-6H,8H2,1-2H3,(H2,20,21)/t16-/m0/s1. The summed E-state index contributed by atoms with van der Waals surface area (Å²) in [6.45, 7) is 1.65. The molecule has 3 rings (SSSR count). The second kappa shape index (κ2) is 6.23. The summed E-state index contributed by atoms with van der Waals surface area (Å²) in [5.74, 6) is -1.06. The van der Waals surface area contributed by atoms with E-state index in [2.05, 4.69) is 5.32 Å². The number of nitriles is 1. The Bertz CT molecular complexity index is 1060. The van der Waals surface area contributed by atoms with E-state index in [0.29, 0.717) is 20.3 Å². The Morgan fingerprint density at radius 1 is 1.42 bits per heavy atom. The van der Waals surface area contributed by atoms with Gasteiger partial charge in [-0.25, -0.2) is 17.1 Å². The van der Waals surface area contributed by atoms with E-state index in [1.165, 1.54) is 30.5 Å². The molecule has 10 heteroatoms. The summed E-state index contributed by atoms with van der Waals surface area (Å²) >= 11 is 7.54. The van der Waals surface area contributed by atoms with E-state index >= 15 is 0 Å². The summed E-state index contributed by atoms with van der Waals surface area (Å²) < 4.78 is 39.2. The molecule has 0 bridgehead atoms. The van der Waals surface area contributed by atoms with Gasteiger partial charge in [-0.15, -0.1) is 11.3 Å². The fourth-order valence-corrected chi connectivity index (χ4v) is 5.97. The van der Waals surface area contributed by atoms with Gasteiger partial charge in [0.15, 0.2) is 0 Å². The van der Waals surface area contributed by atoms with E-state index in [0.717, 1.165) is 10.4 Å². The van der Waals surface area contributed by atoms with Crippen molar-refractivity contribution in [3.63, 3.8) is 0 Å². The lowest BCUT2D eigenvalue weighted by molar-refractivity contribution is 0.424. The zero-order chi connectivity index (χ0) is 19.3. The molecule has 1 fully saturated rings. The molecule has 1 saturated heterocycles. The first-order valence-electron chi connectivity index (χ1n) is 7.40. The van der Waals surface area contributed by atoms with E-state index in [1.54, 1.807) is 13.0 Å². The number of hydrogen-bond acceptors (Lipinski definition) is 5. The first-order chi connectivity index (χ1) is 12.1. The van der Waals surface area contributed by atoms with Crippen molar-refractivity contribution in [3.8, 4) is 16.5 Å². The van der Waals surface area contributed by atoms with Gasteiger partial charge in [-0.05, 0) is 36.8 Å². The molecule has 26 heavy (non-hydrogen) atoms. The molecule has 1 aromatic heterocycles. The Morgan fingerprint density at radius 2 is 2.12 bits per heavy atom. The largest absolute Gasteiger partial charge is 0.344 e. The maximum atomic E-state index is 13.7. The summed E-state index contributed by atoms with van der Waals surface area (Å²) in [5.41, 5.74) is -0.429. The minimum absolute atomic E-state index is 0.180. The topological polar surface area (TPSA) is 97.1 Å². The molecule has 2 aromatic rings. The van der Waals surface area contributed by atoms with Gasteiger partial charge < -0.3 is 5.32 Å². The van der Waals surface area contributed by atoms with Gasteiger partial charge in [0.25, 0.3) is 0 Å². The van der Waals surface area contributed by atoms with E-state index < -0.39 is 21.4 Å². The van der Waals surface area contributed by atoms with Gasteiger partial charge in [0, 0.05) is 11.9 Å². The SMILES string of the molecule is CN1C(=N)N[C@](C)(c2sc(-c3cc(F)cc(C#N)c3)cc2Cl)CS1(=O)=O. The van der Waals surface area contributed by atoms with Crippen LogP contribution in [0.2, 0.25) is 5.02 Å². The molecule has 1 aliphatic rings. The number of hydrogen-bond donors (Lipinski definition) is 2. The van der Waals surface area contributed by atoms with Crippen LogP contribution in [0.5, 0.6) is 0 Å². The quantitative estimate of drug-likeness (QED) is 0.791. The molecule has 1 aromatic carbocycles. The highest BCUT2D eigenvalue weighted by atomic mass is 35.5. The number of benzene rings is 1. The van der Waals surface area contributed by atoms with E-state index in [-0.39, 0.29) is 17.3 Å². The van der Waals surface area contributed by atoms with Crippen molar-refractivity contribution >= 4 is 38.9 Å². The van der Waals surface area contributed by atoms with E-state index in [4.69, 9.17) is 22.3 Å². The first kappa shape index (κ1) is 18.6. The van der Waals surface area contributed by atoms with Crippen LogP contribution in [0.1, 0.15) is 17.4 Å². The number of halogens is 2. The van der Waals surface area contributed by atoms with Gasteiger partial charge in [0.1, 0.15) is 5.82 Å². The van der Waals surface area contributed by atoms with Crippen LogP contribution in [0.25, 0.3) is 10.4 Å². The van der Waals surface area contributed by atoms with Gasteiger partial charge in [-0.2, -0.15) is 5.26 Å². The lowest BCUT2D eigenvalue weighted by Gasteiger charge is -2.39. The van der Waals surface area contributed by atoms with Crippen LogP contribution in [0.4, 0.5) is 4.39 Å². The van der Waals surface area contributed by atoms with Crippen molar-refractivity contribution in [1.29, 1.82) is 10.7 Å². The molecule has 0 spiro atoms. The van der Waals surface area contributed by atoms with Crippen LogP contribution in [-0.2, 0) is 15.6 Å². The van der Waals surface area contributed by atoms with Gasteiger partial charge in [-0.1, -0.05) is 11.6 Å². The Morgan fingerprint density at radius 3 is 2.73 bits per heavy atom. The van der Waals surface area contributed by atoms with Crippen LogP contribution in [0.3, 0.4) is 0 Å². The lowest BCUT2D eigenvalue weighted by atomic mass is 10.0. The highest BCUT2D eigenvalue weighted by molar-refractivity contribution is 7.89. The zero-order valence-corrected chi connectivity index (χ0v) is 16.2. The molecule has 1 atom stereocenters. The maximum absolute atomic E-state index is 13.7. The van der Waals surface area contributed by atoms with Crippen molar-refractivity contribution in [3.05, 3.63) is 45.5 Å². The second-order valence-electron chi connectivity index (χ2n) is 6.16. The van der Waals surface area contributed by atoms with Gasteiger partial charge in [0.05, 0.1) is 32.8 Å². The minimum atomic E-state index is -3.66. The molecule has 0 aliphatic carbocycles. The van der Waals surface area contributed by atoms with E-state index in [1.807, 2.05) is 6.07 Å². The average molecular weight is 413 g/mol. The zero-order valence-electron chi connectivity index (χ0n) is 13.8. The molecule has 1 aliphatic heterocycles. The maximum Gasteiger partial charge on any atom is 0.239 e. The summed E-state index contributed by atoms with van der Waals surface area (Å²) in [4.78, 5) is 1.13. The van der Waals surface area contributed by atoms with Gasteiger partial charge in [-0.3, -0.25) is 5.41 Å². The predicted molar refractivity (Wildman–Crippen MR) is 99.2 cm³/mol. The molecular weight excluding hydrogens is 399 g/mol. The number of rotatable bonds is 2. The lowest BCUT2D eigenvalue weighted by Crippen LogP contribution is -2.60. The van der Waals surface area contributed by atoms with Crippen molar-refractivity contribution in [2.24, 2.45) is 0 Å². The molecular formula is C16H14ClFN4O2S2. The highest BCUT2D eigenvalue weighted by Gasteiger charge is 2.44. The number of nitrogens with zero attached hydrogens (tertiary/aromatic N) is 2. The fourth-order valence-electron chi connectivity index (χ4n) is 2.78. The molecule has 136 valence electrons. The molecule has 2 N–H and O–H groups in total. The monoisotopic (exact) mass is 412 g/mol. The molecule has 0 unspecified atom stereocenters. The fraction of sp³-hybridized carbons (Fsp3) is 0.250. The van der Waals surface area contributed by atoms with Crippen LogP contribution in [0, 0.1) is 22.6 Å². The third-order valence-corrected chi connectivity index (χ3v) is 7.91. The average Bonchev–Trinajstić information content (AvgIpc) is 2.94. The Hall–Kier alpha value is -2.15. The summed E-state index contributed by atoms with van der Waals surface area (Å²) in [5, 5.41) is 20.1. The first-order valence-corrected chi connectivity index (χ1v) is 10.2. The van der Waals surface area contributed by atoms with E-state index in [9.17, 15) is 12.8 Å². The predicted octanol–water partition coefficient (Wildman–Crippen LogP) is 3.09.